The van der Waals surface area contributed by atoms with Crippen molar-refractivity contribution in [3.8, 4) is 11.5 Å². The summed E-state index contributed by atoms with van der Waals surface area (Å²) in [6.45, 7) is 6.94. The molecule has 0 unspecified atom stereocenters. The first-order valence-corrected chi connectivity index (χ1v) is 10.2. The van der Waals surface area contributed by atoms with Crippen molar-refractivity contribution in [2.75, 3.05) is 51.3 Å². The van der Waals surface area contributed by atoms with Crippen LogP contribution >= 0.6 is 0 Å². The molecule has 5 nitrogen and oxygen atoms in total. The minimum atomic E-state index is -0.483. The maximum atomic E-state index is 10.3. The van der Waals surface area contributed by atoms with Gasteiger partial charge in [0.1, 0.15) is 24.2 Å². The van der Waals surface area contributed by atoms with E-state index in [9.17, 15) is 5.11 Å². The van der Waals surface area contributed by atoms with E-state index in [1.165, 1.54) is 11.3 Å². The third-order valence-corrected chi connectivity index (χ3v) is 5.18. The van der Waals surface area contributed by atoms with Gasteiger partial charge in [0.05, 0.1) is 7.11 Å². The van der Waals surface area contributed by atoms with Crippen molar-refractivity contribution >= 4 is 5.69 Å². The van der Waals surface area contributed by atoms with Gasteiger partial charge in [-0.3, -0.25) is 4.90 Å². The second-order valence-corrected chi connectivity index (χ2v) is 7.34. The van der Waals surface area contributed by atoms with Gasteiger partial charge >= 0.3 is 0 Å². The van der Waals surface area contributed by atoms with Gasteiger partial charge in [0.15, 0.2) is 0 Å². The van der Waals surface area contributed by atoms with Crippen LogP contribution in [0.15, 0.2) is 48.5 Å². The van der Waals surface area contributed by atoms with Gasteiger partial charge in [-0.1, -0.05) is 25.5 Å². The van der Waals surface area contributed by atoms with E-state index in [1.54, 1.807) is 7.11 Å². The molecule has 1 fully saturated rings. The van der Waals surface area contributed by atoms with E-state index in [4.69, 9.17) is 9.47 Å². The molecule has 0 aliphatic carbocycles. The molecule has 2 aromatic rings. The highest BCUT2D eigenvalue weighted by molar-refractivity contribution is 5.49. The van der Waals surface area contributed by atoms with Gasteiger partial charge in [-0.05, 0) is 48.4 Å². The molecule has 1 N–H and O–H groups in total. The Morgan fingerprint density at radius 2 is 1.57 bits per heavy atom. The number of benzene rings is 2. The number of piperazine rings is 1. The number of hydrogen-bond donors (Lipinski definition) is 1. The summed E-state index contributed by atoms with van der Waals surface area (Å²) in [7, 11) is 1.68. The number of nitrogens with zero attached hydrogens (tertiary/aromatic N) is 2. The number of ether oxygens (including phenoxy) is 2. The van der Waals surface area contributed by atoms with Gasteiger partial charge in [0.25, 0.3) is 0 Å². The van der Waals surface area contributed by atoms with E-state index in [0.29, 0.717) is 13.2 Å². The number of hydrogen-bond acceptors (Lipinski definition) is 5. The molecule has 0 saturated carbocycles. The Morgan fingerprint density at radius 3 is 2.18 bits per heavy atom. The molecular weight excluding hydrogens is 352 g/mol. The first kappa shape index (κ1) is 20.5. The standard InChI is InChI=1S/C23H32N2O3/c1-3-4-19-5-9-23(10-6-19)28-18-21(26)17-24-13-15-25(16-14-24)20-7-11-22(27-2)12-8-20/h5-12,21,26H,3-4,13-18H2,1-2H3/t21-/m0/s1. The van der Waals surface area contributed by atoms with Crippen molar-refractivity contribution in [2.45, 2.75) is 25.9 Å². The number of aliphatic hydroxyl groups excluding tert-OH is 1. The third kappa shape index (κ3) is 5.88. The van der Waals surface area contributed by atoms with E-state index in [0.717, 1.165) is 50.5 Å². The quantitative estimate of drug-likeness (QED) is 0.719. The monoisotopic (exact) mass is 384 g/mol. The van der Waals surface area contributed by atoms with Crippen molar-refractivity contribution < 1.29 is 14.6 Å². The zero-order valence-electron chi connectivity index (χ0n) is 17.0. The van der Waals surface area contributed by atoms with Gasteiger partial charge < -0.3 is 19.5 Å². The second kappa shape index (κ2) is 10.3. The molecule has 1 atom stereocenters. The molecule has 0 bridgehead atoms. The van der Waals surface area contributed by atoms with E-state index in [-0.39, 0.29) is 0 Å². The average Bonchev–Trinajstić information content (AvgIpc) is 2.74. The van der Waals surface area contributed by atoms with Crippen LogP contribution < -0.4 is 14.4 Å². The van der Waals surface area contributed by atoms with E-state index < -0.39 is 6.10 Å². The number of anilines is 1. The fourth-order valence-electron chi connectivity index (χ4n) is 3.57. The summed E-state index contributed by atoms with van der Waals surface area (Å²) in [5.74, 6) is 1.70. The summed E-state index contributed by atoms with van der Waals surface area (Å²) in [6.07, 6.45) is 1.75. The molecule has 5 heteroatoms. The molecule has 2 aromatic carbocycles. The van der Waals surface area contributed by atoms with Crippen molar-refractivity contribution in [1.29, 1.82) is 0 Å². The van der Waals surface area contributed by atoms with Crippen LogP contribution in [-0.2, 0) is 6.42 Å². The molecule has 0 spiro atoms. The summed E-state index contributed by atoms with van der Waals surface area (Å²) < 4.78 is 11.0. The molecule has 1 heterocycles. The van der Waals surface area contributed by atoms with Crippen LogP contribution in [0.4, 0.5) is 5.69 Å². The van der Waals surface area contributed by atoms with Crippen molar-refractivity contribution in [3.63, 3.8) is 0 Å². The predicted molar refractivity (Wildman–Crippen MR) is 114 cm³/mol. The van der Waals surface area contributed by atoms with Crippen molar-refractivity contribution in [1.82, 2.24) is 4.90 Å². The number of aliphatic hydroxyl groups is 1. The molecule has 3 rings (SSSR count). The van der Waals surface area contributed by atoms with Crippen LogP contribution in [0, 0.1) is 0 Å². The van der Waals surface area contributed by atoms with E-state index in [2.05, 4.69) is 41.0 Å². The van der Waals surface area contributed by atoms with Gasteiger partial charge in [-0.15, -0.1) is 0 Å². The fourth-order valence-corrected chi connectivity index (χ4v) is 3.57. The molecule has 1 aliphatic heterocycles. The SMILES string of the molecule is CCCc1ccc(OC[C@@H](O)CN2CCN(c3ccc(OC)cc3)CC2)cc1. The molecule has 28 heavy (non-hydrogen) atoms. The average molecular weight is 385 g/mol. The largest absolute Gasteiger partial charge is 0.497 e. The Hall–Kier alpha value is -2.24. The predicted octanol–water partition coefficient (Wildman–Crippen LogP) is 3.21. The van der Waals surface area contributed by atoms with Gasteiger partial charge in [-0.25, -0.2) is 0 Å². The first-order valence-electron chi connectivity index (χ1n) is 10.2. The minimum Gasteiger partial charge on any atom is -0.497 e. The molecule has 152 valence electrons. The summed E-state index contributed by atoms with van der Waals surface area (Å²) in [6, 6.07) is 16.4. The highest BCUT2D eigenvalue weighted by Crippen LogP contribution is 2.20. The van der Waals surface area contributed by atoms with Gasteiger partial charge in [-0.2, -0.15) is 0 Å². The summed E-state index contributed by atoms with van der Waals surface area (Å²) in [5, 5.41) is 10.3. The van der Waals surface area contributed by atoms with E-state index >= 15 is 0 Å². The van der Waals surface area contributed by atoms with Gasteiger partial charge in [0, 0.05) is 38.4 Å². The normalized spacial score (nSPS) is 16.0. The first-order chi connectivity index (χ1) is 13.7. The van der Waals surface area contributed by atoms with Crippen LogP contribution in [0.25, 0.3) is 0 Å². The Bertz CT molecular complexity index is 695. The maximum Gasteiger partial charge on any atom is 0.119 e. The lowest BCUT2D eigenvalue weighted by molar-refractivity contribution is 0.0663. The fraction of sp³-hybridized carbons (Fsp3) is 0.478. The number of methoxy groups -OCH3 is 1. The maximum absolute atomic E-state index is 10.3. The topological polar surface area (TPSA) is 45.2 Å². The second-order valence-electron chi connectivity index (χ2n) is 7.34. The van der Waals surface area contributed by atoms with Gasteiger partial charge in [0.2, 0.25) is 0 Å². The molecule has 1 saturated heterocycles. The van der Waals surface area contributed by atoms with Crippen LogP contribution in [0.2, 0.25) is 0 Å². The lowest BCUT2D eigenvalue weighted by Gasteiger charge is -2.36. The Labute approximate surface area is 168 Å². The Kier molecular flexibility index (Phi) is 7.57. The molecular formula is C23H32N2O3. The van der Waals surface area contributed by atoms with Crippen LogP contribution in [0.5, 0.6) is 11.5 Å². The van der Waals surface area contributed by atoms with Crippen LogP contribution in [-0.4, -0.2) is 62.6 Å². The lowest BCUT2D eigenvalue weighted by atomic mass is 10.1. The Morgan fingerprint density at radius 1 is 0.929 bits per heavy atom. The van der Waals surface area contributed by atoms with Crippen molar-refractivity contribution in [3.05, 3.63) is 54.1 Å². The molecule has 0 aromatic heterocycles. The van der Waals surface area contributed by atoms with Crippen LogP contribution in [0.1, 0.15) is 18.9 Å². The molecule has 0 amide bonds. The zero-order chi connectivity index (χ0) is 19.8. The van der Waals surface area contributed by atoms with Crippen molar-refractivity contribution in [2.24, 2.45) is 0 Å². The molecule has 0 radical (unpaired) electrons. The summed E-state index contributed by atoms with van der Waals surface area (Å²) in [5.41, 5.74) is 2.54. The summed E-state index contributed by atoms with van der Waals surface area (Å²) >= 11 is 0. The Balaban J connectivity index is 1.38. The number of β-amino-alcohol motifs (C(OH)–C–C–N with tert-alkyl or cyclic N) is 1. The lowest BCUT2D eigenvalue weighted by Crippen LogP contribution is -2.49. The van der Waals surface area contributed by atoms with E-state index in [1.807, 2.05) is 24.3 Å². The summed E-state index contributed by atoms with van der Waals surface area (Å²) in [4.78, 5) is 4.68. The minimum absolute atomic E-state index is 0.325. The third-order valence-electron chi connectivity index (χ3n) is 5.18. The van der Waals surface area contributed by atoms with Crippen LogP contribution in [0.3, 0.4) is 0 Å². The zero-order valence-corrected chi connectivity index (χ0v) is 17.0. The smallest absolute Gasteiger partial charge is 0.119 e. The highest BCUT2D eigenvalue weighted by Gasteiger charge is 2.19. The molecule has 1 aliphatic rings. The highest BCUT2D eigenvalue weighted by atomic mass is 16.5. The number of aryl methyl sites for hydroxylation is 1. The number of rotatable bonds is 9.